The van der Waals surface area contributed by atoms with Crippen molar-refractivity contribution in [2.45, 2.75) is 13.2 Å². The van der Waals surface area contributed by atoms with E-state index in [2.05, 4.69) is 5.32 Å². The van der Waals surface area contributed by atoms with E-state index in [1.165, 1.54) is 0 Å². The molecule has 5 nitrogen and oxygen atoms in total. The van der Waals surface area contributed by atoms with Crippen molar-refractivity contribution in [1.29, 1.82) is 0 Å². The minimum Gasteiger partial charge on any atom is -0.496 e. The summed E-state index contributed by atoms with van der Waals surface area (Å²) in [4.78, 5) is 12.6. The fourth-order valence-electron chi connectivity index (χ4n) is 2.85. The van der Waals surface area contributed by atoms with Crippen molar-refractivity contribution in [2.24, 2.45) is 0 Å². The number of para-hydroxylation sites is 1. The van der Waals surface area contributed by atoms with Gasteiger partial charge in [0.25, 0.3) is 5.91 Å². The summed E-state index contributed by atoms with van der Waals surface area (Å²) in [7, 11) is 3.19. The summed E-state index contributed by atoms with van der Waals surface area (Å²) in [6.45, 7) is 0.629. The van der Waals surface area contributed by atoms with Gasteiger partial charge in [0.05, 0.1) is 14.2 Å². The van der Waals surface area contributed by atoms with Gasteiger partial charge in [-0.3, -0.25) is 4.79 Å². The Morgan fingerprint density at radius 2 is 1.59 bits per heavy atom. The first-order valence-corrected chi connectivity index (χ1v) is 9.44. The minimum atomic E-state index is -0.189. The highest BCUT2D eigenvalue weighted by Gasteiger charge is 2.12. The van der Waals surface area contributed by atoms with Crippen LogP contribution < -0.4 is 19.5 Å². The van der Waals surface area contributed by atoms with Gasteiger partial charge in [-0.15, -0.1) is 0 Å². The second kappa shape index (κ2) is 9.85. The van der Waals surface area contributed by atoms with Crippen LogP contribution in [0.4, 0.5) is 0 Å². The summed E-state index contributed by atoms with van der Waals surface area (Å²) in [5.41, 5.74) is 2.20. The fraction of sp³-hybridized carbons (Fsp3) is 0.174. The van der Waals surface area contributed by atoms with Crippen molar-refractivity contribution in [3.05, 3.63) is 88.4 Å². The Morgan fingerprint density at radius 3 is 2.31 bits per heavy atom. The summed E-state index contributed by atoms with van der Waals surface area (Å²) in [6.07, 6.45) is 0. The molecule has 0 atom stereocenters. The van der Waals surface area contributed by atoms with Crippen LogP contribution in [0.1, 0.15) is 21.5 Å². The van der Waals surface area contributed by atoms with Crippen molar-refractivity contribution in [1.82, 2.24) is 5.32 Å². The molecule has 0 aliphatic carbocycles. The topological polar surface area (TPSA) is 56.8 Å². The average molecular weight is 412 g/mol. The Morgan fingerprint density at radius 1 is 0.897 bits per heavy atom. The van der Waals surface area contributed by atoms with Gasteiger partial charge in [0.2, 0.25) is 0 Å². The molecular weight excluding hydrogens is 390 g/mol. The van der Waals surface area contributed by atoms with Gasteiger partial charge in [0.15, 0.2) is 0 Å². The summed E-state index contributed by atoms with van der Waals surface area (Å²) >= 11 is 5.90. The van der Waals surface area contributed by atoms with E-state index in [1.54, 1.807) is 56.7 Å². The summed E-state index contributed by atoms with van der Waals surface area (Å²) in [6, 6.07) is 19.9. The third-order valence-electron chi connectivity index (χ3n) is 4.38. The van der Waals surface area contributed by atoms with Crippen LogP contribution in [-0.4, -0.2) is 20.1 Å². The van der Waals surface area contributed by atoms with Gasteiger partial charge in [0.1, 0.15) is 23.9 Å². The lowest BCUT2D eigenvalue weighted by Gasteiger charge is -2.13. The van der Waals surface area contributed by atoms with Crippen molar-refractivity contribution < 1.29 is 19.0 Å². The van der Waals surface area contributed by atoms with Crippen molar-refractivity contribution in [3.8, 4) is 17.2 Å². The molecule has 0 aliphatic rings. The molecule has 3 aromatic carbocycles. The predicted octanol–water partition coefficient (Wildman–Crippen LogP) is 4.87. The molecule has 1 N–H and O–H groups in total. The number of hydrogen-bond donors (Lipinski definition) is 1. The molecule has 3 aromatic rings. The lowest BCUT2D eigenvalue weighted by Crippen LogP contribution is -2.23. The largest absolute Gasteiger partial charge is 0.496 e. The van der Waals surface area contributed by atoms with Gasteiger partial charge in [-0.1, -0.05) is 29.8 Å². The highest BCUT2D eigenvalue weighted by Crippen LogP contribution is 2.23. The third-order valence-corrected chi connectivity index (χ3v) is 4.63. The molecule has 0 saturated carbocycles. The van der Waals surface area contributed by atoms with Crippen LogP contribution in [-0.2, 0) is 13.2 Å². The highest BCUT2D eigenvalue weighted by atomic mass is 35.5. The molecule has 0 spiro atoms. The number of carbonyl (C=O) groups excluding carboxylic acids is 1. The monoisotopic (exact) mass is 411 g/mol. The number of carbonyl (C=O) groups is 1. The van der Waals surface area contributed by atoms with Crippen LogP contribution in [0.3, 0.4) is 0 Å². The quantitative estimate of drug-likeness (QED) is 0.574. The van der Waals surface area contributed by atoms with E-state index >= 15 is 0 Å². The van der Waals surface area contributed by atoms with Gasteiger partial charge in [-0.25, -0.2) is 0 Å². The van der Waals surface area contributed by atoms with Crippen LogP contribution in [0, 0.1) is 0 Å². The zero-order valence-electron chi connectivity index (χ0n) is 16.3. The second-order valence-corrected chi connectivity index (χ2v) is 6.70. The Hall–Kier alpha value is -3.18. The fourth-order valence-corrected chi connectivity index (χ4v) is 2.98. The van der Waals surface area contributed by atoms with Crippen molar-refractivity contribution in [3.63, 3.8) is 0 Å². The molecule has 0 bridgehead atoms. The standard InChI is InChI=1S/C23H22ClNO4/c1-27-21-6-4-3-5-17(21)14-25-23(26)16-7-12-22(28-2)18(13-16)15-29-20-10-8-19(24)9-11-20/h3-13H,14-15H2,1-2H3,(H,25,26). The van der Waals surface area contributed by atoms with Gasteiger partial charge >= 0.3 is 0 Å². The summed E-state index contributed by atoms with van der Waals surface area (Å²) in [5, 5.41) is 3.56. The lowest BCUT2D eigenvalue weighted by atomic mass is 10.1. The molecule has 0 aliphatic heterocycles. The minimum absolute atomic E-state index is 0.189. The molecule has 0 aromatic heterocycles. The summed E-state index contributed by atoms with van der Waals surface area (Å²) in [5.74, 6) is 1.88. The van der Waals surface area contributed by atoms with Crippen LogP contribution in [0.2, 0.25) is 5.02 Å². The van der Waals surface area contributed by atoms with Crippen LogP contribution in [0.15, 0.2) is 66.7 Å². The zero-order valence-corrected chi connectivity index (χ0v) is 17.0. The SMILES string of the molecule is COc1ccccc1CNC(=O)c1ccc(OC)c(COc2ccc(Cl)cc2)c1. The number of rotatable bonds is 8. The summed E-state index contributed by atoms with van der Waals surface area (Å²) < 4.78 is 16.5. The molecule has 0 fully saturated rings. The average Bonchev–Trinajstić information content (AvgIpc) is 2.77. The van der Waals surface area contributed by atoms with E-state index in [4.69, 9.17) is 25.8 Å². The number of hydrogen-bond acceptors (Lipinski definition) is 4. The van der Waals surface area contributed by atoms with Gasteiger partial charge < -0.3 is 19.5 Å². The van der Waals surface area contributed by atoms with E-state index in [0.717, 1.165) is 16.9 Å². The first-order valence-electron chi connectivity index (χ1n) is 9.06. The van der Waals surface area contributed by atoms with Crippen molar-refractivity contribution in [2.75, 3.05) is 14.2 Å². The Labute approximate surface area is 175 Å². The van der Waals surface area contributed by atoms with Gasteiger partial charge in [-0.2, -0.15) is 0 Å². The predicted molar refractivity (Wildman–Crippen MR) is 113 cm³/mol. The van der Waals surface area contributed by atoms with E-state index < -0.39 is 0 Å². The lowest BCUT2D eigenvalue weighted by molar-refractivity contribution is 0.0950. The maximum absolute atomic E-state index is 12.6. The Balaban J connectivity index is 1.69. The van der Waals surface area contributed by atoms with Crippen LogP contribution in [0.25, 0.3) is 0 Å². The molecular formula is C23H22ClNO4. The second-order valence-electron chi connectivity index (χ2n) is 6.26. The highest BCUT2D eigenvalue weighted by molar-refractivity contribution is 6.30. The molecule has 150 valence electrons. The van der Waals surface area contributed by atoms with Crippen LogP contribution >= 0.6 is 11.6 Å². The molecule has 6 heteroatoms. The van der Waals surface area contributed by atoms with E-state index in [0.29, 0.717) is 28.6 Å². The normalized spacial score (nSPS) is 10.3. The maximum Gasteiger partial charge on any atom is 0.251 e. The maximum atomic E-state index is 12.6. The van der Waals surface area contributed by atoms with E-state index in [-0.39, 0.29) is 12.5 Å². The van der Waals surface area contributed by atoms with E-state index in [1.807, 2.05) is 24.3 Å². The van der Waals surface area contributed by atoms with Crippen LogP contribution in [0.5, 0.6) is 17.2 Å². The number of methoxy groups -OCH3 is 2. The molecule has 0 saturated heterocycles. The number of nitrogens with one attached hydrogen (secondary N) is 1. The molecule has 29 heavy (non-hydrogen) atoms. The third kappa shape index (κ3) is 5.42. The number of amides is 1. The zero-order chi connectivity index (χ0) is 20.6. The molecule has 1 amide bonds. The Bertz CT molecular complexity index is 973. The number of halogens is 1. The molecule has 0 unspecified atom stereocenters. The molecule has 0 heterocycles. The van der Waals surface area contributed by atoms with Crippen molar-refractivity contribution >= 4 is 17.5 Å². The number of ether oxygens (including phenoxy) is 3. The van der Waals surface area contributed by atoms with Gasteiger partial charge in [-0.05, 0) is 48.5 Å². The molecule has 3 rings (SSSR count). The molecule has 0 radical (unpaired) electrons. The smallest absolute Gasteiger partial charge is 0.251 e. The van der Waals surface area contributed by atoms with E-state index in [9.17, 15) is 4.79 Å². The first kappa shape index (κ1) is 20.6. The first-order chi connectivity index (χ1) is 14.1. The number of benzene rings is 3. The van der Waals surface area contributed by atoms with Gasteiger partial charge in [0, 0.05) is 28.3 Å². The Kier molecular flexibility index (Phi) is 6.98.